The molecule has 0 saturated carbocycles. The van der Waals surface area contributed by atoms with E-state index in [0.717, 1.165) is 12.0 Å². The summed E-state index contributed by atoms with van der Waals surface area (Å²) in [6.45, 7) is 3.43. The Morgan fingerprint density at radius 3 is 2.77 bits per heavy atom. The van der Waals surface area contributed by atoms with Crippen LogP contribution in [0.25, 0.3) is 0 Å². The van der Waals surface area contributed by atoms with Gasteiger partial charge in [0, 0.05) is 18.9 Å². The van der Waals surface area contributed by atoms with Crippen LogP contribution in [0.2, 0.25) is 0 Å². The van der Waals surface area contributed by atoms with E-state index in [9.17, 15) is 0 Å². The van der Waals surface area contributed by atoms with Crippen LogP contribution in [0, 0.1) is 0 Å². The molecule has 0 N–H and O–H groups in total. The number of pyridine rings is 1. The second-order valence-corrected chi connectivity index (χ2v) is 3.61. The highest BCUT2D eigenvalue weighted by atomic mass is 15.1. The average Bonchev–Trinajstić information content (AvgIpc) is 2.57. The standard InChI is InChI=1S/C10H13BN2/c11-10-5-9(6-12-7-10)8-13-3-1-2-4-13/h5-7H,1-4,8H2. The van der Waals surface area contributed by atoms with E-state index < -0.39 is 0 Å². The van der Waals surface area contributed by atoms with E-state index in [1.54, 1.807) is 6.20 Å². The molecular weight excluding hydrogens is 159 g/mol. The Labute approximate surface area is 80.4 Å². The van der Waals surface area contributed by atoms with Gasteiger partial charge in [-0.1, -0.05) is 11.5 Å². The fraction of sp³-hybridized carbons (Fsp3) is 0.500. The van der Waals surface area contributed by atoms with Crippen molar-refractivity contribution in [3.63, 3.8) is 0 Å². The topological polar surface area (TPSA) is 16.1 Å². The third-order valence-corrected chi connectivity index (χ3v) is 2.42. The zero-order chi connectivity index (χ0) is 9.10. The van der Waals surface area contributed by atoms with Crippen LogP contribution < -0.4 is 5.46 Å². The van der Waals surface area contributed by atoms with Gasteiger partial charge >= 0.3 is 0 Å². The number of aromatic nitrogens is 1. The van der Waals surface area contributed by atoms with Crippen LogP contribution >= 0.6 is 0 Å². The maximum atomic E-state index is 5.65. The Kier molecular flexibility index (Phi) is 2.64. The predicted octanol–water partition coefficient (Wildman–Crippen LogP) is 0.471. The minimum atomic E-state index is 0.761. The summed E-state index contributed by atoms with van der Waals surface area (Å²) >= 11 is 0. The zero-order valence-electron chi connectivity index (χ0n) is 7.74. The summed E-state index contributed by atoms with van der Waals surface area (Å²) in [6, 6.07) is 2.01. The maximum absolute atomic E-state index is 5.65. The molecule has 1 aliphatic heterocycles. The third kappa shape index (κ3) is 2.31. The molecule has 3 heteroatoms. The molecule has 66 valence electrons. The van der Waals surface area contributed by atoms with E-state index in [1.807, 2.05) is 12.3 Å². The lowest BCUT2D eigenvalue weighted by Gasteiger charge is -2.14. The predicted molar refractivity (Wildman–Crippen MR) is 54.1 cm³/mol. The Morgan fingerprint density at radius 2 is 2.08 bits per heavy atom. The molecule has 13 heavy (non-hydrogen) atoms. The van der Waals surface area contributed by atoms with Crippen LogP contribution in [0.1, 0.15) is 18.4 Å². The van der Waals surface area contributed by atoms with Crippen molar-refractivity contribution in [3.05, 3.63) is 24.0 Å². The fourth-order valence-corrected chi connectivity index (χ4v) is 1.79. The number of rotatable bonds is 2. The average molecular weight is 172 g/mol. The molecule has 0 unspecified atom stereocenters. The summed E-state index contributed by atoms with van der Waals surface area (Å²) in [5.41, 5.74) is 1.98. The van der Waals surface area contributed by atoms with E-state index in [-0.39, 0.29) is 0 Å². The second-order valence-electron chi connectivity index (χ2n) is 3.61. The summed E-state index contributed by atoms with van der Waals surface area (Å²) in [6.07, 6.45) is 6.24. The van der Waals surface area contributed by atoms with Crippen molar-refractivity contribution >= 4 is 13.3 Å². The monoisotopic (exact) mass is 172 g/mol. The van der Waals surface area contributed by atoms with E-state index in [1.165, 1.54) is 31.5 Å². The van der Waals surface area contributed by atoms with Gasteiger partial charge in [0.05, 0.1) is 0 Å². The molecule has 1 aromatic rings. The largest absolute Gasteiger partial charge is 0.299 e. The molecule has 0 amide bonds. The number of likely N-dealkylation sites (tertiary alicyclic amines) is 1. The molecule has 2 nitrogen and oxygen atoms in total. The molecule has 0 atom stereocenters. The third-order valence-electron chi connectivity index (χ3n) is 2.42. The van der Waals surface area contributed by atoms with Gasteiger partial charge in [-0.15, -0.1) is 0 Å². The van der Waals surface area contributed by atoms with Gasteiger partial charge in [0.25, 0.3) is 0 Å². The quantitative estimate of drug-likeness (QED) is 0.603. The van der Waals surface area contributed by atoms with Crippen molar-refractivity contribution in [1.29, 1.82) is 0 Å². The highest BCUT2D eigenvalue weighted by molar-refractivity contribution is 6.32. The summed E-state index contributed by atoms with van der Waals surface area (Å²) in [4.78, 5) is 6.52. The molecular formula is C10H13BN2. The first-order chi connectivity index (χ1) is 6.34. The highest BCUT2D eigenvalue weighted by Gasteiger charge is 2.11. The highest BCUT2D eigenvalue weighted by Crippen LogP contribution is 2.10. The zero-order valence-corrected chi connectivity index (χ0v) is 7.74. The number of hydrogen-bond donors (Lipinski definition) is 0. The van der Waals surface area contributed by atoms with Crippen LogP contribution in [0.5, 0.6) is 0 Å². The van der Waals surface area contributed by atoms with E-state index in [4.69, 9.17) is 7.85 Å². The van der Waals surface area contributed by atoms with Gasteiger partial charge in [-0.2, -0.15) is 0 Å². The van der Waals surface area contributed by atoms with Crippen LogP contribution in [-0.4, -0.2) is 30.8 Å². The maximum Gasteiger partial charge on any atom is 0.115 e. The summed E-state index contributed by atoms with van der Waals surface area (Å²) in [5.74, 6) is 0. The molecule has 2 radical (unpaired) electrons. The van der Waals surface area contributed by atoms with Gasteiger partial charge in [-0.05, 0) is 31.5 Å². The fourth-order valence-electron chi connectivity index (χ4n) is 1.79. The Morgan fingerprint density at radius 1 is 1.31 bits per heavy atom. The number of hydrogen-bond acceptors (Lipinski definition) is 2. The SMILES string of the molecule is [B]c1cncc(CN2CCCC2)c1. The smallest absolute Gasteiger partial charge is 0.115 e. The summed E-state index contributed by atoms with van der Waals surface area (Å²) < 4.78 is 0. The summed E-state index contributed by atoms with van der Waals surface area (Å²) in [7, 11) is 5.65. The van der Waals surface area contributed by atoms with Crippen LogP contribution in [0.15, 0.2) is 18.5 Å². The van der Waals surface area contributed by atoms with Crippen LogP contribution in [0.4, 0.5) is 0 Å². The van der Waals surface area contributed by atoms with E-state index in [0.29, 0.717) is 0 Å². The molecule has 1 fully saturated rings. The van der Waals surface area contributed by atoms with Crippen molar-refractivity contribution in [2.75, 3.05) is 13.1 Å². The van der Waals surface area contributed by atoms with Gasteiger partial charge in [0.2, 0.25) is 0 Å². The molecule has 0 spiro atoms. The van der Waals surface area contributed by atoms with Crippen molar-refractivity contribution in [2.24, 2.45) is 0 Å². The van der Waals surface area contributed by atoms with E-state index in [2.05, 4.69) is 9.88 Å². The lowest BCUT2D eigenvalue weighted by molar-refractivity contribution is 0.331. The minimum absolute atomic E-state index is 0.761. The van der Waals surface area contributed by atoms with Crippen LogP contribution in [-0.2, 0) is 6.54 Å². The van der Waals surface area contributed by atoms with Crippen molar-refractivity contribution < 1.29 is 0 Å². The van der Waals surface area contributed by atoms with Gasteiger partial charge in [-0.25, -0.2) is 0 Å². The van der Waals surface area contributed by atoms with Crippen molar-refractivity contribution in [3.8, 4) is 0 Å². The molecule has 0 aliphatic carbocycles. The first kappa shape index (κ1) is 8.76. The minimum Gasteiger partial charge on any atom is -0.299 e. The Balaban J connectivity index is 2.00. The molecule has 2 rings (SSSR count). The molecule has 1 aromatic heterocycles. The molecule has 1 saturated heterocycles. The molecule has 0 bridgehead atoms. The van der Waals surface area contributed by atoms with Gasteiger partial charge in [0.15, 0.2) is 0 Å². The molecule has 0 aromatic carbocycles. The lowest BCUT2D eigenvalue weighted by atomic mass is 9.97. The van der Waals surface area contributed by atoms with Crippen molar-refractivity contribution in [2.45, 2.75) is 19.4 Å². The van der Waals surface area contributed by atoms with Gasteiger partial charge in [0.1, 0.15) is 7.85 Å². The van der Waals surface area contributed by atoms with Crippen molar-refractivity contribution in [1.82, 2.24) is 9.88 Å². The van der Waals surface area contributed by atoms with Gasteiger partial charge < -0.3 is 0 Å². The molecule has 1 aliphatic rings. The summed E-state index contributed by atoms with van der Waals surface area (Å²) in [5, 5.41) is 0. The second kappa shape index (κ2) is 3.92. The van der Waals surface area contributed by atoms with Crippen LogP contribution in [0.3, 0.4) is 0 Å². The number of nitrogens with zero attached hydrogens (tertiary/aromatic N) is 2. The first-order valence-corrected chi connectivity index (χ1v) is 4.76. The first-order valence-electron chi connectivity index (χ1n) is 4.76. The Bertz CT molecular complexity index is 282. The lowest BCUT2D eigenvalue weighted by Crippen LogP contribution is -2.19. The normalized spacial score (nSPS) is 17.8. The van der Waals surface area contributed by atoms with E-state index >= 15 is 0 Å². The Hall–Kier alpha value is -0.825. The van der Waals surface area contributed by atoms with Gasteiger partial charge in [-0.3, -0.25) is 9.88 Å². The molecule has 2 heterocycles.